The van der Waals surface area contributed by atoms with Crippen LogP contribution in [0.4, 0.5) is 0 Å². The van der Waals surface area contributed by atoms with Crippen LogP contribution in [0.1, 0.15) is 30.6 Å². The molecule has 1 amide bonds. The van der Waals surface area contributed by atoms with Gasteiger partial charge in [0.25, 0.3) is 5.91 Å². The van der Waals surface area contributed by atoms with E-state index in [1.165, 1.54) is 24.3 Å². The number of benzene rings is 1. The first-order valence-electron chi connectivity index (χ1n) is 7.70. The minimum Gasteiger partial charge on any atom is -0.352 e. The maximum atomic E-state index is 12.3. The van der Waals surface area contributed by atoms with Crippen LogP contribution in [0.3, 0.4) is 0 Å². The normalized spacial score (nSPS) is 20.2. The molecule has 0 radical (unpaired) electrons. The standard InChI is InChI=1S/C15H22N2O5S2/c1-11(2)9-16-15(18)12-3-5-14(6-4-12)24(21,22)17-13-7-8-23(19,20)10-13/h3-6,11,13,17H,7-10H2,1-2H3,(H,16,18). The number of carbonyl (C=O) groups is 1. The fraction of sp³-hybridized carbons (Fsp3) is 0.533. The van der Waals surface area contributed by atoms with E-state index in [-0.39, 0.29) is 28.7 Å². The van der Waals surface area contributed by atoms with Gasteiger partial charge in [0.2, 0.25) is 10.0 Å². The van der Waals surface area contributed by atoms with E-state index in [1.54, 1.807) is 0 Å². The quantitative estimate of drug-likeness (QED) is 0.755. The molecule has 7 nitrogen and oxygen atoms in total. The van der Waals surface area contributed by atoms with Crippen molar-refractivity contribution in [3.05, 3.63) is 29.8 Å². The minimum atomic E-state index is -3.81. The molecule has 1 unspecified atom stereocenters. The van der Waals surface area contributed by atoms with Crippen molar-refractivity contribution in [1.29, 1.82) is 0 Å². The Balaban J connectivity index is 2.05. The van der Waals surface area contributed by atoms with E-state index in [0.29, 0.717) is 18.0 Å². The molecule has 1 saturated heterocycles. The van der Waals surface area contributed by atoms with Gasteiger partial charge in [-0.3, -0.25) is 4.79 Å². The molecule has 1 atom stereocenters. The molecular weight excluding hydrogens is 352 g/mol. The largest absolute Gasteiger partial charge is 0.352 e. The minimum absolute atomic E-state index is 0.00481. The number of hydrogen-bond acceptors (Lipinski definition) is 5. The summed E-state index contributed by atoms with van der Waals surface area (Å²) in [5.74, 6) is -0.125. The molecule has 1 fully saturated rings. The van der Waals surface area contributed by atoms with Gasteiger partial charge in [0.1, 0.15) is 0 Å². The fourth-order valence-electron chi connectivity index (χ4n) is 2.36. The third kappa shape index (κ3) is 5.02. The molecule has 0 spiro atoms. The van der Waals surface area contributed by atoms with Gasteiger partial charge in [-0.1, -0.05) is 13.8 Å². The SMILES string of the molecule is CC(C)CNC(=O)c1ccc(S(=O)(=O)NC2CCS(=O)(=O)C2)cc1. The lowest BCUT2D eigenvalue weighted by atomic mass is 10.2. The third-order valence-electron chi connectivity index (χ3n) is 3.65. The van der Waals surface area contributed by atoms with Crippen molar-refractivity contribution in [2.45, 2.75) is 31.2 Å². The van der Waals surface area contributed by atoms with Crippen LogP contribution in [0.15, 0.2) is 29.2 Å². The van der Waals surface area contributed by atoms with Crippen molar-refractivity contribution < 1.29 is 21.6 Å². The zero-order chi connectivity index (χ0) is 18.0. The summed E-state index contributed by atoms with van der Waals surface area (Å²) in [6.07, 6.45) is 0.275. The van der Waals surface area contributed by atoms with Crippen molar-refractivity contribution in [2.24, 2.45) is 5.92 Å². The Morgan fingerprint density at radius 1 is 1.25 bits per heavy atom. The van der Waals surface area contributed by atoms with Crippen molar-refractivity contribution in [2.75, 3.05) is 18.1 Å². The maximum Gasteiger partial charge on any atom is 0.251 e. The second-order valence-electron chi connectivity index (χ2n) is 6.35. The molecular formula is C15H22N2O5S2. The summed E-state index contributed by atoms with van der Waals surface area (Å²) in [6.45, 7) is 4.49. The molecule has 2 N–H and O–H groups in total. The second-order valence-corrected chi connectivity index (χ2v) is 10.3. The van der Waals surface area contributed by atoms with Gasteiger partial charge in [0.05, 0.1) is 16.4 Å². The Morgan fingerprint density at radius 3 is 2.38 bits per heavy atom. The second kappa shape index (κ2) is 7.20. The highest BCUT2D eigenvalue weighted by Crippen LogP contribution is 2.16. The van der Waals surface area contributed by atoms with Gasteiger partial charge in [-0.25, -0.2) is 21.6 Å². The van der Waals surface area contributed by atoms with Gasteiger partial charge in [-0.05, 0) is 36.6 Å². The van der Waals surface area contributed by atoms with Crippen LogP contribution in [0.2, 0.25) is 0 Å². The molecule has 1 aromatic carbocycles. The average molecular weight is 374 g/mol. The number of nitrogens with one attached hydrogen (secondary N) is 2. The van der Waals surface area contributed by atoms with Crippen molar-refractivity contribution in [3.63, 3.8) is 0 Å². The van der Waals surface area contributed by atoms with E-state index in [2.05, 4.69) is 10.0 Å². The zero-order valence-electron chi connectivity index (χ0n) is 13.7. The third-order valence-corrected chi connectivity index (χ3v) is 6.96. The predicted molar refractivity (Wildman–Crippen MR) is 91.0 cm³/mol. The van der Waals surface area contributed by atoms with Gasteiger partial charge in [0, 0.05) is 18.2 Å². The van der Waals surface area contributed by atoms with Crippen LogP contribution < -0.4 is 10.0 Å². The van der Waals surface area contributed by atoms with Gasteiger partial charge in [-0.2, -0.15) is 0 Å². The summed E-state index contributed by atoms with van der Waals surface area (Å²) >= 11 is 0. The smallest absolute Gasteiger partial charge is 0.251 e. The topological polar surface area (TPSA) is 109 Å². The van der Waals surface area contributed by atoms with Crippen LogP contribution in [0.5, 0.6) is 0 Å². The van der Waals surface area contributed by atoms with Crippen LogP contribution in [0.25, 0.3) is 0 Å². The fourth-order valence-corrected chi connectivity index (χ4v) is 5.41. The molecule has 1 aliphatic rings. The molecule has 0 saturated carbocycles. The highest BCUT2D eigenvalue weighted by Gasteiger charge is 2.31. The van der Waals surface area contributed by atoms with E-state index in [4.69, 9.17) is 0 Å². The average Bonchev–Trinajstić information content (AvgIpc) is 2.83. The van der Waals surface area contributed by atoms with Gasteiger partial charge < -0.3 is 5.32 Å². The summed E-state index contributed by atoms with van der Waals surface area (Å²) in [5.41, 5.74) is 0.373. The van der Waals surface area contributed by atoms with E-state index in [9.17, 15) is 21.6 Å². The Morgan fingerprint density at radius 2 is 1.88 bits per heavy atom. The highest BCUT2D eigenvalue weighted by molar-refractivity contribution is 7.92. The van der Waals surface area contributed by atoms with E-state index in [0.717, 1.165) is 0 Å². The first-order chi connectivity index (χ1) is 11.1. The van der Waals surface area contributed by atoms with Crippen molar-refractivity contribution in [3.8, 4) is 0 Å². The summed E-state index contributed by atoms with van der Waals surface area (Å²) in [6, 6.07) is 4.96. The van der Waals surface area contributed by atoms with E-state index < -0.39 is 25.9 Å². The first-order valence-corrected chi connectivity index (χ1v) is 11.0. The molecule has 0 aromatic heterocycles. The molecule has 1 aromatic rings. The summed E-state index contributed by atoms with van der Waals surface area (Å²) in [4.78, 5) is 11.9. The van der Waals surface area contributed by atoms with Gasteiger partial charge >= 0.3 is 0 Å². The van der Waals surface area contributed by atoms with Crippen LogP contribution in [-0.2, 0) is 19.9 Å². The zero-order valence-corrected chi connectivity index (χ0v) is 15.3. The molecule has 0 aliphatic carbocycles. The number of carbonyl (C=O) groups excluding carboxylic acids is 1. The van der Waals surface area contributed by atoms with E-state index in [1.807, 2.05) is 13.8 Å². The Bertz CT molecular complexity index is 799. The van der Waals surface area contributed by atoms with E-state index >= 15 is 0 Å². The van der Waals surface area contributed by atoms with Gasteiger partial charge in [-0.15, -0.1) is 0 Å². The lowest BCUT2D eigenvalue weighted by Gasteiger charge is -2.12. The molecule has 1 aliphatic heterocycles. The molecule has 134 valence electrons. The number of rotatable bonds is 6. The molecule has 9 heteroatoms. The van der Waals surface area contributed by atoms with Crippen molar-refractivity contribution in [1.82, 2.24) is 10.0 Å². The van der Waals surface area contributed by atoms with Crippen LogP contribution >= 0.6 is 0 Å². The Labute approximate surface area is 142 Å². The Kier molecular flexibility index (Phi) is 5.67. The maximum absolute atomic E-state index is 12.3. The Hall–Kier alpha value is -1.45. The number of sulfone groups is 1. The number of amides is 1. The summed E-state index contributed by atoms with van der Waals surface area (Å²) in [7, 11) is -6.97. The monoisotopic (exact) mass is 374 g/mol. The molecule has 1 heterocycles. The number of hydrogen-bond donors (Lipinski definition) is 2. The number of sulfonamides is 1. The lowest BCUT2D eigenvalue weighted by molar-refractivity contribution is 0.0949. The molecule has 24 heavy (non-hydrogen) atoms. The molecule has 2 rings (SSSR count). The van der Waals surface area contributed by atoms with Crippen LogP contribution in [-0.4, -0.2) is 46.8 Å². The highest BCUT2D eigenvalue weighted by atomic mass is 32.2. The summed E-state index contributed by atoms with van der Waals surface area (Å²) < 4.78 is 49.8. The summed E-state index contributed by atoms with van der Waals surface area (Å²) in [5, 5.41) is 2.75. The van der Waals surface area contributed by atoms with Gasteiger partial charge in [0.15, 0.2) is 9.84 Å². The lowest BCUT2D eigenvalue weighted by Crippen LogP contribution is -2.35. The predicted octanol–water partition coefficient (Wildman–Crippen LogP) is 0.538. The van der Waals surface area contributed by atoms with Crippen molar-refractivity contribution >= 4 is 25.8 Å². The molecule has 0 bridgehead atoms. The first kappa shape index (κ1) is 18.9. The van der Waals surface area contributed by atoms with Crippen LogP contribution in [0, 0.1) is 5.92 Å².